The fraction of sp³-hybridized carbons (Fsp3) is 0.250. The van der Waals surface area contributed by atoms with E-state index in [0.717, 1.165) is 11.4 Å². The molecule has 20 heavy (non-hydrogen) atoms. The van der Waals surface area contributed by atoms with Crippen molar-refractivity contribution in [2.75, 3.05) is 19.5 Å². The zero-order valence-electron chi connectivity index (χ0n) is 11.8. The number of halogens is 1. The summed E-state index contributed by atoms with van der Waals surface area (Å²) in [4.78, 5) is 0. The highest BCUT2D eigenvalue weighted by molar-refractivity contribution is 5.50. The minimum absolute atomic E-state index is 0.209. The maximum atomic E-state index is 14.0. The molecule has 0 radical (unpaired) electrons. The van der Waals surface area contributed by atoms with E-state index in [4.69, 9.17) is 9.47 Å². The van der Waals surface area contributed by atoms with Crippen molar-refractivity contribution >= 4 is 5.69 Å². The number of methoxy groups -OCH3 is 2. The first-order valence-electron chi connectivity index (χ1n) is 6.38. The molecule has 0 aromatic heterocycles. The normalized spacial score (nSPS) is 11.8. The van der Waals surface area contributed by atoms with Crippen LogP contribution in [0.5, 0.6) is 11.5 Å². The standard InChI is InChI=1S/C16H18FNO2/c1-11(16-14(17)5-4-6-15(16)20-3)18-12-7-9-13(19-2)10-8-12/h4-11,18H,1-3H3. The molecule has 0 aliphatic carbocycles. The highest BCUT2D eigenvalue weighted by Gasteiger charge is 2.16. The van der Waals surface area contributed by atoms with Crippen LogP contribution >= 0.6 is 0 Å². The first-order valence-corrected chi connectivity index (χ1v) is 6.38. The van der Waals surface area contributed by atoms with Gasteiger partial charge in [0.2, 0.25) is 0 Å². The Labute approximate surface area is 118 Å². The van der Waals surface area contributed by atoms with Gasteiger partial charge in [0, 0.05) is 5.69 Å². The third kappa shape index (κ3) is 3.02. The summed E-state index contributed by atoms with van der Waals surface area (Å²) in [5.41, 5.74) is 1.41. The summed E-state index contributed by atoms with van der Waals surface area (Å²) in [6.45, 7) is 1.89. The van der Waals surface area contributed by atoms with E-state index < -0.39 is 0 Å². The predicted octanol–water partition coefficient (Wildman–Crippen LogP) is 4.02. The van der Waals surface area contributed by atoms with Crippen molar-refractivity contribution in [2.45, 2.75) is 13.0 Å². The van der Waals surface area contributed by atoms with E-state index in [9.17, 15) is 4.39 Å². The van der Waals surface area contributed by atoms with Gasteiger partial charge < -0.3 is 14.8 Å². The lowest BCUT2D eigenvalue weighted by molar-refractivity contribution is 0.402. The molecule has 0 fully saturated rings. The lowest BCUT2D eigenvalue weighted by Crippen LogP contribution is -2.10. The largest absolute Gasteiger partial charge is 0.497 e. The lowest BCUT2D eigenvalue weighted by Gasteiger charge is -2.19. The van der Waals surface area contributed by atoms with E-state index in [0.29, 0.717) is 11.3 Å². The van der Waals surface area contributed by atoms with Crippen molar-refractivity contribution in [1.29, 1.82) is 0 Å². The summed E-state index contributed by atoms with van der Waals surface area (Å²) in [7, 11) is 3.16. The SMILES string of the molecule is COc1ccc(NC(C)c2c(F)cccc2OC)cc1. The van der Waals surface area contributed by atoms with Gasteiger partial charge in [-0.25, -0.2) is 4.39 Å². The Hall–Kier alpha value is -2.23. The van der Waals surface area contributed by atoms with Gasteiger partial charge in [0.05, 0.1) is 25.8 Å². The van der Waals surface area contributed by atoms with E-state index in [1.54, 1.807) is 26.4 Å². The van der Waals surface area contributed by atoms with Gasteiger partial charge in [-0.15, -0.1) is 0 Å². The molecular weight excluding hydrogens is 257 g/mol. The number of nitrogens with one attached hydrogen (secondary N) is 1. The molecule has 2 aromatic rings. The van der Waals surface area contributed by atoms with Crippen LogP contribution in [0.1, 0.15) is 18.5 Å². The number of anilines is 1. The first kappa shape index (κ1) is 14.2. The van der Waals surface area contributed by atoms with Crippen molar-refractivity contribution in [1.82, 2.24) is 0 Å². The number of rotatable bonds is 5. The molecule has 2 rings (SSSR count). The van der Waals surface area contributed by atoms with E-state index in [1.165, 1.54) is 6.07 Å². The molecule has 0 saturated heterocycles. The number of ether oxygens (including phenoxy) is 2. The zero-order valence-corrected chi connectivity index (χ0v) is 11.8. The molecule has 0 aliphatic heterocycles. The summed E-state index contributed by atoms with van der Waals surface area (Å²) < 4.78 is 24.3. The molecule has 0 spiro atoms. The topological polar surface area (TPSA) is 30.5 Å². The highest BCUT2D eigenvalue weighted by Crippen LogP contribution is 2.30. The third-order valence-corrected chi connectivity index (χ3v) is 3.14. The molecule has 0 saturated carbocycles. The third-order valence-electron chi connectivity index (χ3n) is 3.14. The molecule has 4 heteroatoms. The molecule has 0 bridgehead atoms. The van der Waals surface area contributed by atoms with E-state index in [-0.39, 0.29) is 11.9 Å². The smallest absolute Gasteiger partial charge is 0.132 e. The van der Waals surface area contributed by atoms with Gasteiger partial charge in [-0.2, -0.15) is 0 Å². The van der Waals surface area contributed by atoms with Gasteiger partial charge in [-0.3, -0.25) is 0 Å². The molecule has 1 unspecified atom stereocenters. The molecule has 1 atom stereocenters. The molecule has 3 nitrogen and oxygen atoms in total. The van der Waals surface area contributed by atoms with Crippen molar-refractivity contribution in [3.8, 4) is 11.5 Å². The molecule has 0 amide bonds. The van der Waals surface area contributed by atoms with E-state index in [2.05, 4.69) is 5.32 Å². The summed E-state index contributed by atoms with van der Waals surface area (Å²) in [5.74, 6) is 1.04. The van der Waals surface area contributed by atoms with E-state index >= 15 is 0 Å². The number of hydrogen-bond acceptors (Lipinski definition) is 3. The Kier molecular flexibility index (Phi) is 4.45. The average molecular weight is 275 g/mol. The molecule has 0 aliphatic rings. The average Bonchev–Trinajstić information content (AvgIpc) is 2.47. The van der Waals surface area contributed by atoms with Gasteiger partial charge in [0.1, 0.15) is 17.3 Å². The summed E-state index contributed by atoms with van der Waals surface area (Å²) in [6.07, 6.45) is 0. The maximum absolute atomic E-state index is 14.0. The molecule has 1 N–H and O–H groups in total. The fourth-order valence-electron chi connectivity index (χ4n) is 2.12. The maximum Gasteiger partial charge on any atom is 0.132 e. The quantitative estimate of drug-likeness (QED) is 0.894. The Morgan fingerprint density at radius 1 is 1.00 bits per heavy atom. The van der Waals surface area contributed by atoms with Crippen molar-refractivity contribution in [2.24, 2.45) is 0 Å². The van der Waals surface area contributed by atoms with Crippen LogP contribution in [0.15, 0.2) is 42.5 Å². The second kappa shape index (κ2) is 6.28. The Morgan fingerprint density at radius 2 is 1.70 bits per heavy atom. The van der Waals surface area contributed by atoms with Crippen molar-refractivity contribution < 1.29 is 13.9 Å². The van der Waals surface area contributed by atoms with Crippen LogP contribution in [-0.4, -0.2) is 14.2 Å². The number of hydrogen-bond donors (Lipinski definition) is 1. The van der Waals surface area contributed by atoms with Crippen LogP contribution < -0.4 is 14.8 Å². The molecule has 2 aromatic carbocycles. The fourth-order valence-corrected chi connectivity index (χ4v) is 2.12. The van der Waals surface area contributed by atoms with Gasteiger partial charge in [0.25, 0.3) is 0 Å². The minimum atomic E-state index is -0.280. The van der Waals surface area contributed by atoms with Crippen LogP contribution in [-0.2, 0) is 0 Å². The zero-order chi connectivity index (χ0) is 14.5. The minimum Gasteiger partial charge on any atom is -0.497 e. The van der Waals surface area contributed by atoms with Crippen LogP contribution in [0.2, 0.25) is 0 Å². The summed E-state index contributed by atoms with van der Waals surface area (Å²) >= 11 is 0. The molecule has 0 heterocycles. The summed E-state index contributed by atoms with van der Waals surface area (Å²) in [6, 6.07) is 12.1. The van der Waals surface area contributed by atoms with Gasteiger partial charge >= 0.3 is 0 Å². The monoisotopic (exact) mass is 275 g/mol. The van der Waals surface area contributed by atoms with Crippen LogP contribution in [0.4, 0.5) is 10.1 Å². The van der Waals surface area contributed by atoms with Gasteiger partial charge in [-0.1, -0.05) is 6.07 Å². The van der Waals surface area contributed by atoms with Crippen LogP contribution in [0.25, 0.3) is 0 Å². The summed E-state index contributed by atoms with van der Waals surface area (Å²) in [5, 5.41) is 3.25. The number of benzene rings is 2. The Morgan fingerprint density at radius 3 is 2.30 bits per heavy atom. The van der Waals surface area contributed by atoms with Crippen molar-refractivity contribution in [3.63, 3.8) is 0 Å². The Bertz CT molecular complexity index is 569. The molecule has 106 valence electrons. The highest BCUT2D eigenvalue weighted by atomic mass is 19.1. The first-order chi connectivity index (χ1) is 9.65. The van der Waals surface area contributed by atoms with Crippen LogP contribution in [0, 0.1) is 5.82 Å². The molecular formula is C16H18FNO2. The predicted molar refractivity (Wildman–Crippen MR) is 78.0 cm³/mol. The van der Waals surface area contributed by atoms with Crippen molar-refractivity contribution in [3.05, 3.63) is 53.8 Å². The van der Waals surface area contributed by atoms with Gasteiger partial charge in [-0.05, 0) is 43.3 Å². The lowest BCUT2D eigenvalue weighted by atomic mass is 10.1. The van der Waals surface area contributed by atoms with Crippen LogP contribution in [0.3, 0.4) is 0 Å². The van der Waals surface area contributed by atoms with Gasteiger partial charge in [0.15, 0.2) is 0 Å². The Balaban J connectivity index is 2.21. The second-order valence-corrected chi connectivity index (χ2v) is 4.45. The second-order valence-electron chi connectivity index (χ2n) is 4.45. The van der Waals surface area contributed by atoms with E-state index in [1.807, 2.05) is 31.2 Å².